The molecule has 0 bridgehead atoms. The lowest BCUT2D eigenvalue weighted by Crippen LogP contribution is -2.46. The van der Waals surface area contributed by atoms with Gasteiger partial charge in [-0.15, -0.1) is 11.3 Å². The molecule has 19 heavy (non-hydrogen) atoms. The van der Waals surface area contributed by atoms with Gasteiger partial charge in [0, 0.05) is 12.6 Å². The number of hydrogen-bond donors (Lipinski definition) is 1. The monoisotopic (exact) mass is 278 g/mol. The number of carbonyl (C=O) groups excluding carboxylic acids is 2. The van der Waals surface area contributed by atoms with E-state index in [0.717, 1.165) is 32.2 Å². The van der Waals surface area contributed by atoms with Crippen LogP contribution >= 0.6 is 11.3 Å². The van der Waals surface area contributed by atoms with E-state index in [2.05, 4.69) is 5.32 Å². The lowest BCUT2D eigenvalue weighted by molar-refractivity contribution is -0.133. The first-order valence-corrected chi connectivity index (χ1v) is 7.77. The Balaban J connectivity index is 1.76. The SMILES string of the molecule is O=C(c1cccs1)N(C(=O)C1CCCNC1)C1CC1. The number of piperidine rings is 1. The fraction of sp³-hybridized carbons (Fsp3) is 0.571. The largest absolute Gasteiger partial charge is 0.316 e. The highest BCUT2D eigenvalue weighted by molar-refractivity contribution is 7.12. The van der Waals surface area contributed by atoms with E-state index in [1.807, 2.05) is 11.4 Å². The summed E-state index contributed by atoms with van der Waals surface area (Å²) in [5, 5.41) is 5.13. The van der Waals surface area contributed by atoms with Gasteiger partial charge in [-0.1, -0.05) is 6.07 Å². The molecule has 1 aromatic heterocycles. The van der Waals surface area contributed by atoms with Gasteiger partial charge in [0.2, 0.25) is 5.91 Å². The van der Waals surface area contributed by atoms with E-state index in [-0.39, 0.29) is 23.8 Å². The van der Waals surface area contributed by atoms with Crippen LogP contribution in [0, 0.1) is 5.92 Å². The van der Waals surface area contributed by atoms with Crippen molar-refractivity contribution in [2.24, 2.45) is 5.92 Å². The minimum absolute atomic E-state index is 0.0214. The predicted molar refractivity (Wildman–Crippen MR) is 74.1 cm³/mol. The van der Waals surface area contributed by atoms with Crippen molar-refractivity contribution in [1.82, 2.24) is 10.2 Å². The molecule has 2 fully saturated rings. The second kappa shape index (κ2) is 5.43. The molecule has 5 heteroatoms. The van der Waals surface area contributed by atoms with E-state index in [0.29, 0.717) is 11.4 Å². The zero-order valence-electron chi connectivity index (χ0n) is 10.8. The Bertz CT molecular complexity index is 462. The molecule has 2 amide bonds. The van der Waals surface area contributed by atoms with Crippen molar-refractivity contribution >= 4 is 23.2 Å². The third kappa shape index (κ3) is 2.72. The lowest BCUT2D eigenvalue weighted by Gasteiger charge is -2.28. The highest BCUT2D eigenvalue weighted by atomic mass is 32.1. The predicted octanol–water partition coefficient (Wildman–Crippen LogP) is 1.88. The maximum Gasteiger partial charge on any atom is 0.270 e. The van der Waals surface area contributed by atoms with Crippen LogP contribution in [0.4, 0.5) is 0 Å². The van der Waals surface area contributed by atoms with Gasteiger partial charge in [0.15, 0.2) is 0 Å². The molecule has 1 unspecified atom stereocenters. The van der Waals surface area contributed by atoms with Crippen LogP contribution in [0.2, 0.25) is 0 Å². The smallest absolute Gasteiger partial charge is 0.270 e. The van der Waals surface area contributed by atoms with Gasteiger partial charge in [-0.3, -0.25) is 14.5 Å². The number of hydrogen-bond acceptors (Lipinski definition) is 4. The summed E-state index contributed by atoms with van der Waals surface area (Å²) in [7, 11) is 0. The molecule has 0 spiro atoms. The zero-order valence-corrected chi connectivity index (χ0v) is 11.6. The van der Waals surface area contributed by atoms with Crippen molar-refractivity contribution < 1.29 is 9.59 Å². The highest BCUT2D eigenvalue weighted by Crippen LogP contribution is 2.31. The Morgan fingerprint density at radius 1 is 1.32 bits per heavy atom. The van der Waals surface area contributed by atoms with E-state index >= 15 is 0 Å². The molecule has 0 radical (unpaired) electrons. The van der Waals surface area contributed by atoms with Crippen LogP contribution in [-0.2, 0) is 4.79 Å². The molecule has 4 nitrogen and oxygen atoms in total. The number of imide groups is 1. The molecule has 2 heterocycles. The van der Waals surface area contributed by atoms with Crippen LogP contribution < -0.4 is 5.32 Å². The number of amides is 2. The quantitative estimate of drug-likeness (QED) is 0.859. The summed E-state index contributed by atoms with van der Waals surface area (Å²) < 4.78 is 0. The van der Waals surface area contributed by atoms with Gasteiger partial charge in [-0.2, -0.15) is 0 Å². The van der Waals surface area contributed by atoms with Crippen molar-refractivity contribution in [3.05, 3.63) is 22.4 Å². The van der Waals surface area contributed by atoms with Crippen LogP contribution in [0.1, 0.15) is 35.4 Å². The molecule has 102 valence electrons. The Morgan fingerprint density at radius 2 is 2.16 bits per heavy atom. The first-order chi connectivity index (χ1) is 9.27. The lowest BCUT2D eigenvalue weighted by atomic mass is 9.98. The Labute approximate surface area is 116 Å². The number of thiophene rings is 1. The van der Waals surface area contributed by atoms with Crippen LogP contribution in [0.3, 0.4) is 0 Å². The van der Waals surface area contributed by atoms with E-state index < -0.39 is 0 Å². The summed E-state index contributed by atoms with van der Waals surface area (Å²) in [4.78, 5) is 27.3. The van der Waals surface area contributed by atoms with Crippen molar-refractivity contribution in [3.8, 4) is 0 Å². The van der Waals surface area contributed by atoms with Gasteiger partial charge in [-0.05, 0) is 43.7 Å². The number of nitrogens with zero attached hydrogens (tertiary/aromatic N) is 1. The molecular formula is C14H18N2O2S. The molecule has 1 N–H and O–H groups in total. The molecule has 1 atom stereocenters. The van der Waals surface area contributed by atoms with Crippen molar-refractivity contribution in [3.63, 3.8) is 0 Å². The van der Waals surface area contributed by atoms with Gasteiger partial charge in [0.05, 0.1) is 10.8 Å². The summed E-state index contributed by atoms with van der Waals surface area (Å²) in [5.74, 6) is -0.112. The van der Waals surface area contributed by atoms with Crippen LogP contribution in [0.15, 0.2) is 17.5 Å². The van der Waals surface area contributed by atoms with E-state index in [1.165, 1.54) is 16.2 Å². The summed E-state index contributed by atoms with van der Waals surface area (Å²) >= 11 is 1.41. The maximum absolute atomic E-state index is 12.6. The minimum atomic E-state index is -0.104. The van der Waals surface area contributed by atoms with Gasteiger partial charge < -0.3 is 5.32 Å². The minimum Gasteiger partial charge on any atom is -0.316 e. The topological polar surface area (TPSA) is 49.4 Å². The maximum atomic E-state index is 12.6. The number of rotatable bonds is 3. The van der Waals surface area contributed by atoms with Crippen LogP contribution in [0.25, 0.3) is 0 Å². The van der Waals surface area contributed by atoms with E-state index in [9.17, 15) is 9.59 Å². The van der Waals surface area contributed by atoms with E-state index in [1.54, 1.807) is 6.07 Å². The van der Waals surface area contributed by atoms with Gasteiger partial charge in [0.1, 0.15) is 0 Å². The molecule has 1 saturated carbocycles. The van der Waals surface area contributed by atoms with Crippen LogP contribution in [0.5, 0.6) is 0 Å². The van der Waals surface area contributed by atoms with Gasteiger partial charge in [0.25, 0.3) is 5.91 Å². The van der Waals surface area contributed by atoms with Gasteiger partial charge in [-0.25, -0.2) is 0 Å². The van der Waals surface area contributed by atoms with Crippen LogP contribution in [-0.4, -0.2) is 35.8 Å². The fourth-order valence-corrected chi connectivity index (χ4v) is 3.22. The Hall–Kier alpha value is -1.20. The third-order valence-electron chi connectivity index (χ3n) is 3.75. The van der Waals surface area contributed by atoms with Crippen molar-refractivity contribution in [1.29, 1.82) is 0 Å². The highest BCUT2D eigenvalue weighted by Gasteiger charge is 2.40. The first kappa shape index (κ1) is 12.8. The summed E-state index contributed by atoms with van der Waals surface area (Å²) in [5.41, 5.74) is 0. The van der Waals surface area contributed by atoms with Crippen molar-refractivity contribution in [2.45, 2.75) is 31.7 Å². The standard InChI is InChI=1S/C14H18N2O2S/c17-13(10-3-1-7-15-9-10)16(11-5-6-11)14(18)12-4-2-8-19-12/h2,4,8,10-11,15H,1,3,5-7,9H2. The average molecular weight is 278 g/mol. The molecule has 1 aliphatic carbocycles. The van der Waals surface area contributed by atoms with Crippen molar-refractivity contribution in [2.75, 3.05) is 13.1 Å². The van der Waals surface area contributed by atoms with Gasteiger partial charge >= 0.3 is 0 Å². The molecule has 3 rings (SSSR count). The normalized spacial score (nSPS) is 23.1. The molecule has 1 aliphatic heterocycles. The average Bonchev–Trinajstić information content (AvgIpc) is 3.12. The molecule has 2 aliphatic rings. The fourth-order valence-electron chi connectivity index (χ4n) is 2.56. The second-order valence-corrected chi connectivity index (χ2v) is 6.21. The molecule has 0 aromatic carbocycles. The summed E-state index contributed by atoms with van der Waals surface area (Å²) in [6.45, 7) is 1.69. The van der Waals surface area contributed by atoms with E-state index in [4.69, 9.17) is 0 Å². The zero-order chi connectivity index (χ0) is 13.2. The third-order valence-corrected chi connectivity index (χ3v) is 4.60. The second-order valence-electron chi connectivity index (χ2n) is 5.27. The molecule has 1 saturated heterocycles. The Morgan fingerprint density at radius 3 is 2.74 bits per heavy atom. The summed E-state index contributed by atoms with van der Waals surface area (Å²) in [6.07, 6.45) is 3.83. The molecular weight excluding hydrogens is 260 g/mol. The number of nitrogens with one attached hydrogen (secondary N) is 1. The Kier molecular flexibility index (Phi) is 3.66. The number of carbonyl (C=O) groups is 2. The summed E-state index contributed by atoms with van der Waals surface area (Å²) in [6, 6.07) is 3.80. The molecule has 1 aromatic rings. The first-order valence-electron chi connectivity index (χ1n) is 6.89.